The zero-order valence-electron chi connectivity index (χ0n) is 10.4. The van der Waals surface area contributed by atoms with Crippen LogP contribution in [0.4, 0.5) is 4.79 Å². The average Bonchev–Trinajstić information content (AvgIpc) is 2.38. The first-order valence-corrected chi connectivity index (χ1v) is 6.29. The summed E-state index contributed by atoms with van der Waals surface area (Å²) in [5.41, 5.74) is 0. The minimum Gasteiger partial charge on any atom is -0.498 e. The second-order valence-electron chi connectivity index (χ2n) is 3.54. The Hall–Kier alpha value is -2.18. The van der Waals surface area contributed by atoms with Gasteiger partial charge < -0.3 is 19.7 Å². The van der Waals surface area contributed by atoms with Crippen molar-refractivity contribution >= 4 is 35.3 Å². The van der Waals surface area contributed by atoms with E-state index in [0.29, 0.717) is 0 Å². The van der Waals surface area contributed by atoms with Crippen molar-refractivity contribution in [3.63, 3.8) is 0 Å². The SMILES string of the molecule is O=C(OC(/C=C(\O)Cl)=C/C(Cl)C(=O)O)Oc1ccccc1. The van der Waals surface area contributed by atoms with Gasteiger partial charge in [0.25, 0.3) is 0 Å². The highest BCUT2D eigenvalue weighted by atomic mass is 35.5. The molecule has 0 aromatic heterocycles. The smallest absolute Gasteiger partial charge is 0.498 e. The van der Waals surface area contributed by atoms with E-state index in [0.717, 1.165) is 12.2 Å². The molecule has 1 atom stereocenters. The van der Waals surface area contributed by atoms with Crippen LogP contribution in [0.15, 0.2) is 53.5 Å². The Morgan fingerprint density at radius 3 is 2.33 bits per heavy atom. The number of hydrogen-bond acceptors (Lipinski definition) is 5. The van der Waals surface area contributed by atoms with Gasteiger partial charge in [-0.1, -0.05) is 18.2 Å². The van der Waals surface area contributed by atoms with Crippen LogP contribution in [0.1, 0.15) is 0 Å². The van der Waals surface area contributed by atoms with Crippen LogP contribution in [0.5, 0.6) is 5.75 Å². The molecule has 0 aliphatic rings. The van der Waals surface area contributed by atoms with Crippen molar-refractivity contribution in [2.75, 3.05) is 0 Å². The van der Waals surface area contributed by atoms with E-state index in [1.54, 1.807) is 18.2 Å². The molecule has 0 saturated carbocycles. The molecule has 1 aromatic carbocycles. The fourth-order valence-corrected chi connectivity index (χ4v) is 1.38. The van der Waals surface area contributed by atoms with Gasteiger partial charge in [0.2, 0.25) is 0 Å². The number of halogens is 2. The van der Waals surface area contributed by atoms with Crippen LogP contribution in [0.3, 0.4) is 0 Å². The minimum absolute atomic E-state index is 0.224. The Morgan fingerprint density at radius 1 is 1.19 bits per heavy atom. The molecule has 1 rings (SSSR count). The fourth-order valence-electron chi connectivity index (χ4n) is 1.15. The predicted octanol–water partition coefficient (Wildman–Crippen LogP) is 3.42. The summed E-state index contributed by atoms with van der Waals surface area (Å²) in [6.45, 7) is 0. The molecule has 21 heavy (non-hydrogen) atoms. The Balaban J connectivity index is 2.79. The van der Waals surface area contributed by atoms with Crippen LogP contribution in [0.2, 0.25) is 0 Å². The van der Waals surface area contributed by atoms with Crippen LogP contribution in [-0.4, -0.2) is 27.7 Å². The van der Waals surface area contributed by atoms with Crippen molar-refractivity contribution in [2.24, 2.45) is 0 Å². The average molecular weight is 333 g/mol. The van der Waals surface area contributed by atoms with Gasteiger partial charge in [0, 0.05) is 6.08 Å². The normalized spacial score (nSPS) is 13.4. The molecule has 0 spiro atoms. The summed E-state index contributed by atoms with van der Waals surface area (Å²) in [5, 5.41) is 15.4. The van der Waals surface area contributed by atoms with E-state index in [2.05, 4.69) is 0 Å². The largest absolute Gasteiger partial charge is 0.519 e. The fraction of sp³-hybridized carbons (Fsp3) is 0.0769. The van der Waals surface area contributed by atoms with Gasteiger partial charge in [-0.3, -0.25) is 4.79 Å². The van der Waals surface area contributed by atoms with Gasteiger partial charge in [-0.05, 0) is 29.8 Å². The number of ether oxygens (including phenoxy) is 2. The maximum absolute atomic E-state index is 11.5. The zero-order chi connectivity index (χ0) is 15.8. The molecule has 0 amide bonds. The van der Waals surface area contributed by atoms with Crippen molar-refractivity contribution in [2.45, 2.75) is 5.38 Å². The Labute approximate surface area is 129 Å². The van der Waals surface area contributed by atoms with E-state index in [1.807, 2.05) is 0 Å². The van der Waals surface area contributed by atoms with Crippen LogP contribution in [0.25, 0.3) is 0 Å². The number of benzene rings is 1. The lowest BCUT2D eigenvalue weighted by Gasteiger charge is -2.07. The Bertz CT molecular complexity index is 563. The maximum atomic E-state index is 11.5. The molecule has 2 N–H and O–H groups in total. The van der Waals surface area contributed by atoms with E-state index < -0.39 is 22.7 Å². The number of aliphatic hydroxyl groups excluding tert-OH is 1. The predicted molar refractivity (Wildman–Crippen MR) is 75.5 cm³/mol. The number of carbonyl (C=O) groups is 2. The summed E-state index contributed by atoms with van der Waals surface area (Å²) < 4.78 is 9.54. The number of carboxylic acid groups (broad SMARTS) is 1. The second kappa shape index (κ2) is 8.18. The highest BCUT2D eigenvalue weighted by Gasteiger charge is 2.15. The topological polar surface area (TPSA) is 93.1 Å². The zero-order valence-corrected chi connectivity index (χ0v) is 11.9. The molecule has 1 unspecified atom stereocenters. The summed E-state index contributed by atoms with van der Waals surface area (Å²) in [5.74, 6) is -1.51. The van der Waals surface area contributed by atoms with E-state index in [9.17, 15) is 9.59 Å². The maximum Gasteiger partial charge on any atom is 0.519 e. The summed E-state index contributed by atoms with van der Waals surface area (Å²) in [6.07, 6.45) is 0.539. The van der Waals surface area contributed by atoms with Crippen LogP contribution in [-0.2, 0) is 9.53 Å². The first-order valence-electron chi connectivity index (χ1n) is 5.48. The Kier molecular flexibility index (Phi) is 6.58. The third kappa shape index (κ3) is 6.69. The first-order chi connectivity index (χ1) is 9.88. The third-order valence-corrected chi connectivity index (χ3v) is 2.38. The molecule has 0 saturated heterocycles. The number of para-hydroxylation sites is 1. The van der Waals surface area contributed by atoms with Gasteiger partial charge in [0.1, 0.15) is 11.5 Å². The lowest BCUT2D eigenvalue weighted by atomic mass is 10.3. The van der Waals surface area contributed by atoms with E-state index >= 15 is 0 Å². The summed E-state index contributed by atoms with van der Waals surface area (Å²) in [6, 6.07) is 8.04. The number of carboxylic acids is 1. The number of hydrogen-bond donors (Lipinski definition) is 2. The van der Waals surface area contributed by atoms with Crippen LogP contribution in [0, 0.1) is 0 Å². The summed E-state index contributed by atoms with van der Waals surface area (Å²) in [4.78, 5) is 22.2. The third-order valence-electron chi connectivity index (χ3n) is 1.95. The molecule has 0 heterocycles. The second-order valence-corrected chi connectivity index (χ2v) is 4.40. The molecule has 0 aliphatic heterocycles. The first kappa shape index (κ1) is 16.9. The Morgan fingerprint density at radius 2 is 1.81 bits per heavy atom. The van der Waals surface area contributed by atoms with Gasteiger partial charge in [0.05, 0.1) is 0 Å². The number of carbonyl (C=O) groups excluding carboxylic acids is 1. The van der Waals surface area contributed by atoms with E-state index in [-0.39, 0.29) is 11.5 Å². The lowest BCUT2D eigenvalue weighted by Crippen LogP contribution is -2.14. The summed E-state index contributed by atoms with van der Waals surface area (Å²) in [7, 11) is 0. The summed E-state index contributed by atoms with van der Waals surface area (Å²) >= 11 is 10.7. The van der Waals surface area contributed by atoms with Crippen LogP contribution >= 0.6 is 23.2 Å². The molecule has 6 nitrogen and oxygen atoms in total. The molecule has 112 valence electrons. The standard InChI is InChI=1S/C13H10Cl2O6/c14-10(12(17)18)6-9(7-11(15)16)21-13(19)20-8-4-2-1-3-5-8/h1-7,10,16H,(H,17,18)/b9-6+,11-7-. The monoisotopic (exact) mass is 332 g/mol. The molecular formula is C13H10Cl2O6. The van der Waals surface area contributed by atoms with E-state index in [4.69, 9.17) is 42.9 Å². The van der Waals surface area contributed by atoms with Crippen molar-refractivity contribution in [1.29, 1.82) is 0 Å². The number of rotatable bonds is 5. The van der Waals surface area contributed by atoms with Gasteiger partial charge >= 0.3 is 12.1 Å². The van der Waals surface area contributed by atoms with Crippen molar-refractivity contribution in [3.05, 3.63) is 53.5 Å². The molecular weight excluding hydrogens is 323 g/mol. The van der Waals surface area contributed by atoms with Crippen molar-refractivity contribution < 1.29 is 29.3 Å². The minimum atomic E-state index is -1.48. The lowest BCUT2D eigenvalue weighted by molar-refractivity contribution is -0.135. The van der Waals surface area contributed by atoms with Gasteiger partial charge in [-0.2, -0.15) is 0 Å². The molecule has 0 bridgehead atoms. The highest BCUT2D eigenvalue weighted by molar-refractivity contribution is 6.31. The van der Waals surface area contributed by atoms with Gasteiger partial charge in [0.15, 0.2) is 10.6 Å². The van der Waals surface area contributed by atoms with Gasteiger partial charge in [-0.15, -0.1) is 11.6 Å². The van der Waals surface area contributed by atoms with Crippen molar-refractivity contribution in [1.82, 2.24) is 0 Å². The quantitative estimate of drug-likeness (QED) is 0.282. The number of aliphatic hydroxyl groups is 1. The molecule has 0 aliphatic carbocycles. The molecule has 0 fully saturated rings. The molecule has 0 radical (unpaired) electrons. The van der Waals surface area contributed by atoms with E-state index in [1.165, 1.54) is 12.1 Å². The number of alkyl halides is 1. The number of allylic oxidation sites excluding steroid dienone is 1. The van der Waals surface area contributed by atoms with Crippen molar-refractivity contribution in [3.8, 4) is 5.75 Å². The molecule has 8 heteroatoms. The molecule has 1 aromatic rings. The highest BCUT2D eigenvalue weighted by Crippen LogP contribution is 2.14. The van der Waals surface area contributed by atoms with Gasteiger partial charge in [-0.25, -0.2) is 4.79 Å². The van der Waals surface area contributed by atoms with Crippen LogP contribution < -0.4 is 4.74 Å². The number of aliphatic carboxylic acids is 1.